The van der Waals surface area contributed by atoms with E-state index in [0.717, 1.165) is 11.1 Å². The predicted octanol–water partition coefficient (Wildman–Crippen LogP) is 2.48. The first-order valence-electron chi connectivity index (χ1n) is 14.5. The third kappa shape index (κ3) is 7.87. The van der Waals surface area contributed by atoms with Gasteiger partial charge in [-0.25, -0.2) is 0 Å². The standard InChI is InChI=1S/C33H36N4O7.ClH/c1-20-28(42-2)9-10-29(44-14-13-43-12-11-38)30(20)31(39)21-3-5-22(6-4-21)32(40)36-26-18-35-19-27(26)37-33(41)23-7-8-24-16-34-17-25(24)15-23;/h3-10,15-16,26-27,35,38H,11-14,17-19H2,1-2H3,(H,36,40)(H,37,41);1H/t26-,27+;/m1./s1. The van der Waals surface area contributed by atoms with Gasteiger partial charge >= 0.3 is 0 Å². The normalized spacial score (nSPS) is 16.4. The Kier molecular flexibility index (Phi) is 11.7. The zero-order chi connectivity index (χ0) is 31.1. The highest BCUT2D eigenvalue weighted by atomic mass is 35.5. The number of nitrogens with zero attached hydrogens (tertiary/aromatic N) is 1. The zero-order valence-electron chi connectivity index (χ0n) is 25.1. The minimum Gasteiger partial charge on any atom is -0.496 e. The average Bonchev–Trinajstić information content (AvgIpc) is 3.69. The molecule has 0 radical (unpaired) electrons. The van der Waals surface area contributed by atoms with Crippen molar-refractivity contribution in [1.29, 1.82) is 0 Å². The van der Waals surface area contributed by atoms with E-state index in [1.807, 2.05) is 12.1 Å². The predicted molar refractivity (Wildman–Crippen MR) is 171 cm³/mol. The molecule has 2 atom stereocenters. The highest BCUT2D eigenvalue weighted by Crippen LogP contribution is 2.32. The third-order valence-corrected chi connectivity index (χ3v) is 7.70. The Morgan fingerprint density at radius 1 is 0.889 bits per heavy atom. The minimum atomic E-state index is -0.314. The van der Waals surface area contributed by atoms with Crippen molar-refractivity contribution in [1.82, 2.24) is 16.0 Å². The molecule has 2 heterocycles. The van der Waals surface area contributed by atoms with E-state index >= 15 is 0 Å². The molecule has 3 aromatic carbocycles. The fraction of sp³-hybridized carbons (Fsp3) is 0.333. The van der Waals surface area contributed by atoms with Crippen LogP contribution in [0.25, 0.3) is 0 Å². The summed E-state index contributed by atoms with van der Waals surface area (Å²) in [6.45, 7) is 3.96. The molecule has 1 saturated heterocycles. The van der Waals surface area contributed by atoms with Gasteiger partial charge in [-0.3, -0.25) is 19.4 Å². The smallest absolute Gasteiger partial charge is 0.251 e. The van der Waals surface area contributed by atoms with Crippen molar-refractivity contribution in [2.24, 2.45) is 4.99 Å². The van der Waals surface area contributed by atoms with E-state index in [1.54, 1.807) is 55.6 Å². The fourth-order valence-electron chi connectivity index (χ4n) is 5.32. The van der Waals surface area contributed by atoms with Crippen LogP contribution >= 0.6 is 12.4 Å². The molecule has 0 bridgehead atoms. The molecule has 2 aliphatic heterocycles. The quantitative estimate of drug-likeness (QED) is 0.165. The molecule has 2 aliphatic rings. The number of halogens is 1. The largest absolute Gasteiger partial charge is 0.496 e. The van der Waals surface area contributed by atoms with Crippen LogP contribution in [0.15, 0.2) is 59.6 Å². The van der Waals surface area contributed by atoms with E-state index < -0.39 is 0 Å². The molecule has 0 unspecified atom stereocenters. The number of rotatable bonds is 13. The van der Waals surface area contributed by atoms with Crippen LogP contribution in [-0.2, 0) is 11.3 Å². The number of hydrogen-bond donors (Lipinski definition) is 4. The van der Waals surface area contributed by atoms with Crippen molar-refractivity contribution in [3.63, 3.8) is 0 Å². The molecule has 11 nitrogen and oxygen atoms in total. The number of nitrogens with one attached hydrogen (secondary N) is 3. The van der Waals surface area contributed by atoms with E-state index in [0.29, 0.717) is 59.0 Å². The molecule has 4 N–H and O–H groups in total. The lowest BCUT2D eigenvalue weighted by Crippen LogP contribution is -2.51. The number of amides is 2. The summed E-state index contributed by atoms with van der Waals surface area (Å²) in [5.41, 5.74) is 4.35. The van der Waals surface area contributed by atoms with Gasteiger partial charge in [0.15, 0.2) is 5.78 Å². The molecule has 2 amide bonds. The number of hydrogen-bond acceptors (Lipinski definition) is 9. The zero-order valence-corrected chi connectivity index (χ0v) is 25.9. The summed E-state index contributed by atoms with van der Waals surface area (Å²) in [5.74, 6) is 0.143. The Bertz CT molecular complexity index is 1560. The lowest BCUT2D eigenvalue weighted by Gasteiger charge is -2.21. The number of aliphatic imine (C=N–C) groups is 1. The molecule has 0 aromatic heterocycles. The molecule has 0 saturated carbocycles. The molecule has 0 aliphatic carbocycles. The second-order valence-electron chi connectivity index (χ2n) is 10.6. The maximum Gasteiger partial charge on any atom is 0.251 e. The highest BCUT2D eigenvalue weighted by molar-refractivity contribution is 6.12. The number of carbonyl (C=O) groups is 3. The van der Waals surface area contributed by atoms with Gasteiger partial charge in [0.25, 0.3) is 11.8 Å². The number of ketones is 1. The average molecular weight is 637 g/mol. The number of benzene rings is 3. The molecular formula is C33H37ClN4O7. The third-order valence-electron chi connectivity index (χ3n) is 7.70. The minimum absolute atomic E-state index is 0. The Morgan fingerprint density at radius 2 is 1.53 bits per heavy atom. The van der Waals surface area contributed by atoms with Crippen molar-refractivity contribution in [2.75, 3.05) is 46.6 Å². The topological polar surface area (TPSA) is 148 Å². The van der Waals surface area contributed by atoms with E-state index in [2.05, 4.69) is 20.9 Å². The second-order valence-corrected chi connectivity index (χ2v) is 10.6. The SMILES string of the molecule is COc1ccc(OCCOCCO)c(C(=O)c2ccc(C(=O)N[C@@H]3CNC[C@@H]3NC(=O)c3ccc4c(c3)CN=C4)cc2)c1C.Cl. The molecule has 3 aromatic rings. The van der Waals surface area contributed by atoms with Crippen molar-refractivity contribution in [3.05, 3.63) is 93.5 Å². The maximum absolute atomic E-state index is 13.6. The first-order valence-corrected chi connectivity index (χ1v) is 14.5. The van der Waals surface area contributed by atoms with Gasteiger partial charge in [-0.1, -0.05) is 18.2 Å². The molecule has 238 valence electrons. The van der Waals surface area contributed by atoms with Gasteiger partial charge in [0.05, 0.1) is 51.1 Å². The molecule has 5 rings (SSSR count). The molecule has 45 heavy (non-hydrogen) atoms. The van der Waals surface area contributed by atoms with Gasteiger partial charge in [0.2, 0.25) is 0 Å². The number of ether oxygens (including phenoxy) is 3. The Balaban J connectivity index is 0.00000461. The summed E-state index contributed by atoms with van der Waals surface area (Å²) < 4.78 is 16.5. The van der Waals surface area contributed by atoms with E-state index in [4.69, 9.17) is 19.3 Å². The van der Waals surface area contributed by atoms with Gasteiger partial charge in [-0.05, 0) is 54.4 Å². The number of methoxy groups -OCH3 is 1. The van der Waals surface area contributed by atoms with Gasteiger partial charge in [0, 0.05) is 41.6 Å². The Hall–Kier alpha value is -4.29. The van der Waals surface area contributed by atoms with Crippen LogP contribution in [0, 0.1) is 6.92 Å². The van der Waals surface area contributed by atoms with Crippen LogP contribution in [0.2, 0.25) is 0 Å². The number of carbonyl (C=O) groups excluding carboxylic acids is 3. The van der Waals surface area contributed by atoms with Gasteiger partial charge < -0.3 is 35.3 Å². The summed E-state index contributed by atoms with van der Waals surface area (Å²) in [6.07, 6.45) is 1.80. The first-order chi connectivity index (χ1) is 21.4. The van der Waals surface area contributed by atoms with Crippen molar-refractivity contribution in [3.8, 4) is 11.5 Å². The van der Waals surface area contributed by atoms with Crippen LogP contribution < -0.4 is 25.4 Å². The van der Waals surface area contributed by atoms with Crippen molar-refractivity contribution >= 4 is 36.2 Å². The lowest BCUT2D eigenvalue weighted by molar-refractivity contribution is 0.0701. The highest BCUT2D eigenvalue weighted by Gasteiger charge is 2.30. The molecule has 0 spiro atoms. The van der Waals surface area contributed by atoms with Crippen molar-refractivity contribution in [2.45, 2.75) is 25.6 Å². The van der Waals surface area contributed by atoms with Crippen LogP contribution in [0.3, 0.4) is 0 Å². The maximum atomic E-state index is 13.6. The van der Waals surface area contributed by atoms with E-state index in [9.17, 15) is 14.4 Å². The number of aliphatic hydroxyl groups excluding tert-OH is 1. The molecule has 1 fully saturated rings. The molecular weight excluding hydrogens is 600 g/mol. The summed E-state index contributed by atoms with van der Waals surface area (Å²) >= 11 is 0. The van der Waals surface area contributed by atoms with Crippen LogP contribution in [-0.4, -0.2) is 87.6 Å². The van der Waals surface area contributed by atoms with Gasteiger partial charge in [-0.15, -0.1) is 12.4 Å². The second kappa shape index (κ2) is 15.6. The lowest BCUT2D eigenvalue weighted by atomic mass is 9.96. The van der Waals surface area contributed by atoms with Gasteiger partial charge in [0.1, 0.15) is 18.1 Å². The first kappa shape index (κ1) is 33.6. The summed E-state index contributed by atoms with van der Waals surface area (Å²) in [5, 5.41) is 18.2. The Morgan fingerprint density at radius 3 is 2.22 bits per heavy atom. The van der Waals surface area contributed by atoms with Crippen LogP contribution in [0.4, 0.5) is 0 Å². The van der Waals surface area contributed by atoms with E-state index in [1.165, 1.54) is 7.11 Å². The Labute approximate surface area is 267 Å². The number of fused-ring (bicyclic) bond motifs is 1. The molecule has 12 heteroatoms. The van der Waals surface area contributed by atoms with Crippen LogP contribution in [0.5, 0.6) is 11.5 Å². The summed E-state index contributed by atoms with van der Waals surface area (Å²) in [7, 11) is 1.53. The van der Waals surface area contributed by atoms with Crippen LogP contribution in [0.1, 0.15) is 53.3 Å². The van der Waals surface area contributed by atoms with Crippen molar-refractivity contribution < 1.29 is 33.7 Å². The number of aliphatic hydroxyl groups is 1. The fourth-order valence-corrected chi connectivity index (χ4v) is 5.32. The van der Waals surface area contributed by atoms with Gasteiger partial charge in [-0.2, -0.15) is 0 Å². The summed E-state index contributed by atoms with van der Waals surface area (Å²) in [4.78, 5) is 44.0. The van der Waals surface area contributed by atoms with E-state index in [-0.39, 0.29) is 68.5 Å². The summed E-state index contributed by atoms with van der Waals surface area (Å²) in [6, 6.07) is 14.7. The monoisotopic (exact) mass is 636 g/mol.